The molecule has 22 heavy (non-hydrogen) atoms. The van der Waals surface area contributed by atoms with Gasteiger partial charge in [0.1, 0.15) is 17.1 Å². The lowest BCUT2D eigenvalue weighted by atomic mass is 10.1. The molecule has 1 amide bonds. The minimum Gasteiger partial charge on any atom is -0.361 e. The molecule has 0 N–H and O–H groups in total. The van der Waals surface area contributed by atoms with Crippen molar-refractivity contribution >= 4 is 5.91 Å². The number of aryl methyl sites for hydroxylation is 3. The van der Waals surface area contributed by atoms with E-state index in [1.807, 2.05) is 17.9 Å². The van der Waals surface area contributed by atoms with Gasteiger partial charge in [0, 0.05) is 38.8 Å². The average Bonchev–Trinajstić information content (AvgIpc) is 3.05. The summed E-state index contributed by atoms with van der Waals surface area (Å²) in [7, 11) is 0. The van der Waals surface area contributed by atoms with Crippen LogP contribution in [-0.2, 0) is 6.54 Å². The number of nitrogens with zero attached hydrogens (tertiary/aromatic N) is 4. The fourth-order valence-corrected chi connectivity index (χ4v) is 2.78. The van der Waals surface area contributed by atoms with E-state index in [2.05, 4.69) is 15.2 Å². The molecular formula is C15H20N4O3. The molecule has 1 aliphatic heterocycles. The van der Waals surface area contributed by atoms with Gasteiger partial charge in [0.05, 0.1) is 11.4 Å². The number of hydrogen-bond acceptors (Lipinski definition) is 6. The van der Waals surface area contributed by atoms with Crippen molar-refractivity contribution in [3.05, 3.63) is 34.5 Å². The predicted molar refractivity (Wildman–Crippen MR) is 78.4 cm³/mol. The highest BCUT2D eigenvalue weighted by atomic mass is 16.5. The van der Waals surface area contributed by atoms with Gasteiger partial charge in [-0.2, -0.15) is 0 Å². The van der Waals surface area contributed by atoms with Crippen molar-refractivity contribution in [3.8, 4) is 0 Å². The van der Waals surface area contributed by atoms with E-state index in [4.69, 9.17) is 9.05 Å². The van der Waals surface area contributed by atoms with Crippen molar-refractivity contribution in [2.75, 3.05) is 26.2 Å². The number of aromatic nitrogens is 2. The Labute approximate surface area is 128 Å². The molecule has 0 unspecified atom stereocenters. The summed E-state index contributed by atoms with van der Waals surface area (Å²) in [5.41, 5.74) is 2.19. The molecule has 7 heteroatoms. The van der Waals surface area contributed by atoms with Crippen LogP contribution in [-0.4, -0.2) is 52.2 Å². The highest BCUT2D eigenvalue weighted by molar-refractivity contribution is 5.96. The van der Waals surface area contributed by atoms with Gasteiger partial charge < -0.3 is 13.9 Å². The summed E-state index contributed by atoms with van der Waals surface area (Å²) in [5.74, 6) is 1.42. The number of piperazine rings is 1. The van der Waals surface area contributed by atoms with Crippen LogP contribution in [0.25, 0.3) is 0 Å². The highest BCUT2D eigenvalue weighted by Crippen LogP contribution is 2.17. The highest BCUT2D eigenvalue weighted by Gasteiger charge is 2.26. The van der Waals surface area contributed by atoms with Gasteiger partial charge in [0.2, 0.25) is 0 Å². The van der Waals surface area contributed by atoms with Gasteiger partial charge >= 0.3 is 0 Å². The Balaban J connectivity index is 1.58. The molecule has 0 saturated carbocycles. The molecule has 0 aromatic carbocycles. The van der Waals surface area contributed by atoms with Gasteiger partial charge in [0.25, 0.3) is 5.91 Å². The van der Waals surface area contributed by atoms with E-state index < -0.39 is 0 Å². The van der Waals surface area contributed by atoms with Crippen LogP contribution < -0.4 is 0 Å². The molecule has 3 heterocycles. The summed E-state index contributed by atoms with van der Waals surface area (Å²) in [6.07, 6.45) is 0. The largest absolute Gasteiger partial charge is 0.361 e. The lowest BCUT2D eigenvalue weighted by Crippen LogP contribution is -2.48. The SMILES string of the molecule is Cc1cc(CN2CCN(C(=O)c3c(C)noc3C)CC2)no1. The lowest BCUT2D eigenvalue weighted by Gasteiger charge is -2.34. The molecule has 0 atom stereocenters. The minimum atomic E-state index is 0.00757. The van der Waals surface area contributed by atoms with E-state index in [0.29, 0.717) is 30.1 Å². The van der Waals surface area contributed by atoms with Crippen LogP contribution in [0, 0.1) is 20.8 Å². The Morgan fingerprint density at radius 2 is 1.86 bits per heavy atom. The van der Waals surface area contributed by atoms with Crippen LogP contribution in [0.5, 0.6) is 0 Å². The van der Waals surface area contributed by atoms with Crippen LogP contribution >= 0.6 is 0 Å². The predicted octanol–water partition coefficient (Wildman–Crippen LogP) is 1.55. The Morgan fingerprint density at radius 3 is 2.41 bits per heavy atom. The smallest absolute Gasteiger partial charge is 0.259 e. The summed E-state index contributed by atoms with van der Waals surface area (Å²) in [5, 5.41) is 7.86. The third-order valence-electron chi connectivity index (χ3n) is 3.97. The van der Waals surface area contributed by atoms with E-state index >= 15 is 0 Å². The van der Waals surface area contributed by atoms with E-state index in [1.165, 1.54) is 0 Å². The summed E-state index contributed by atoms with van der Waals surface area (Å²) in [6, 6.07) is 1.95. The maximum Gasteiger partial charge on any atom is 0.259 e. The first-order chi connectivity index (χ1) is 10.5. The number of rotatable bonds is 3. The minimum absolute atomic E-state index is 0.00757. The number of carbonyl (C=O) groups excluding carboxylic acids is 1. The molecule has 0 spiro atoms. The zero-order chi connectivity index (χ0) is 15.7. The molecule has 7 nitrogen and oxygen atoms in total. The van der Waals surface area contributed by atoms with Gasteiger partial charge in [-0.25, -0.2) is 0 Å². The van der Waals surface area contributed by atoms with Gasteiger partial charge in [-0.1, -0.05) is 10.3 Å². The Hall–Kier alpha value is -2.15. The standard InChI is InChI=1S/C15H20N4O3/c1-10-8-13(17-21-10)9-18-4-6-19(7-5-18)15(20)14-11(2)16-22-12(14)3/h8H,4-7,9H2,1-3H3. The maximum absolute atomic E-state index is 12.6. The summed E-state index contributed by atoms with van der Waals surface area (Å²) in [6.45, 7) is 9.24. The molecule has 1 aliphatic rings. The third kappa shape index (κ3) is 2.89. The number of amides is 1. The number of hydrogen-bond donors (Lipinski definition) is 0. The van der Waals surface area contributed by atoms with E-state index in [9.17, 15) is 4.79 Å². The van der Waals surface area contributed by atoms with Crippen molar-refractivity contribution in [2.24, 2.45) is 0 Å². The quantitative estimate of drug-likeness (QED) is 0.856. The van der Waals surface area contributed by atoms with Crippen molar-refractivity contribution in [3.63, 3.8) is 0 Å². The fraction of sp³-hybridized carbons (Fsp3) is 0.533. The lowest BCUT2D eigenvalue weighted by molar-refractivity contribution is 0.0623. The Morgan fingerprint density at radius 1 is 1.14 bits per heavy atom. The molecule has 0 aliphatic carbocycles. The zero-order valence-electron chi connectivity index (χ0n) is 13.1. The summed E-state index contributed by atoms with van der Waals surface area (Å²) >= 11 is 0. The first-order valence-electron chi connectivity index (χ1n) is 7.41. The van der Waals surface area contributed by atoms with E-state index in [0.717, 1.165) is 31.1 Å². The van der Waals surface area contributed by atoms with Crippen LogP contribution in [0.15, 0.2) is 15.1 Å². The molecule has 0 radical (unpaired) electrons. The molecule has 2 aromatic rings. The fourth-order valence-electron chi connectivity index (χ4n) is 2.78. The zero-order valence-corrected chi connectivity index (χ0v) is 13.1. The molecule has 1 fully saturated rings. The molecule has 3 rings (SSSR count). The maximum atomic E-state index is 12.6. The molecule has 1 saturated heterocycles. The normalized spacial score (nSPS) is 16.2. The second-order valence-corrected chi connectivity index (χ2v) is 5.70. The summed E-state index contributed by atoms with van der Waals surface area (Å²) in [4.78, 5) is 16.7. The monoisotopic (exact) mass is 304 g/mol. The number of carbonyl (C=O) groups is 1. The van der Waals surface area contributed by atoms with Crippen LogP contribution in [0.3, 0.4) is 0 Å². The Bertz CT molecular complexity index is 649. The van der Waals surface area contributed by atoms with Crippen molar-refractivity contribution in [2.45, 2.75) is 27.3 Å². The third-order valence-corrected chi connectivity index (χ3v) is 3.97. The van der Waals surface area contributed by atoms with Crippen molar-refractivity contribution < 1.29 is 13.8 Å². The average molecular weight is 304 g/mol. The van der Waals surface area contributed by atoms with Gasteiger partial charge in [-0.05, 0) is 20.8 Å². The van der Waals surface area contributed by atoms with E-state index in [1.54, 1.807) is 13.8 Å². The van der Waals surface area contributed by atoms with Gasteiger partial charge in [-0.3, -0.25) is 9.69 Å². The second kappa shape index (κ2) is 5.92. The van der Waals surface area contributed by atoms with E-state index in [-0.39, 0.29) is 5.91 Å². The van der Waals surface area contributed by atoms with Crippen molar-refractivity contribution in [1.29, 1.82) is 0 Å². The molecule has 0 bridgehead atoms. The Kier molecular flexibility index (Phi) is 3.98. The van der Waals surface area contributed by atoms with Crippen LogP contribution in [0.1, 0.15) is 33.3 Å². The molecule has 2 aromatic heterocycles. The topological polar surface area (TPSA) is 75.6 Å². The molecule has 118 valence electrons. The first kappa shape index (κ1) is 14.8. The van der Waals surface area contributed by atoms with Gasteiger partial charge in [0.15, 0.2) is 0 Å². The van der Waals surface area contributed by atoms with Crippen LogP contribution in [0.2, 0.25) is 0 Å². The first-order valence-corrected chi connectivity index (χ1v) is 7.41. The van der Waals surface area contributed by atoms with Crippen LogP contribution in [0.4, 0.5) is 0 Å². The molecular weight excluding hydrogens is 284 g/mol. The van der Waals surface area contributed by atoms with Gasteiger partial charge in [-0.15, -0.1) is 0 Å². The second-order valence-electron chi connectivity index (χ2n) is 5.70. The summed E-state index contributed by atoms with van der Waals surface area (Å²) < 4.78 is 10.2. The van der Waals surface area contributed by atoms with Crippen molar-refractivity contribution in [1.82, 2.24) is 20.1 Å².